The second-order valence-corrected chi connectivity index (χ2v) is 6.59. The summed E-state index contributed by atoms with van der Waals surface area (Å²) in [6, 6.07) is 23.3. The van der Waals surface area contributed by atoms with E-state index in [9.17, 15) is 4.79 Å². The van der Waals surface area contributed by atoms with Crippen LogP contribution in [-0.4, -0.2) is 12.7 Å². The number of amides is 1. The highest BCUT2D eigenvalue weighted by Crippen LogP contribution is 2.32. The van der Waals surface area contributed by atoms with E-state index in [4.69, 9.17) is 14.2 Å². The molecule has 0 bridgehead atoms. The van der Waals surface area contributed by atoms with Gasteiger partial charge in [0.1, 0.15) is 12.4 Å². The number of carbonyl (C=O) groups excluding carboxylic acids is 1. The Morgan fingerprint density at radius 2 is 1.79 bits per heavy atom. The lowest BCUT2D eigenvalue weighted by Gasteiger charge is -2.07. The number of ether oxygens (including phenoxy) is 3. The van der Waals surface area contributed by atoms with E-state index in [0.717, 1.165) is 28.2 Å². The third kappa shape index (κ3) is 5.17. The van der Waals surface area contributed by atoms with Crippen molar-refractivity contribution in [1.29, 1.82) is 0 Å². The number of nitrogens with one attached hydrogen (secondary N) is 1. The standard InChI is InChI=1S/C24H21NO4/c26-24(25-15-20-9-11-22-23(14-20)29-17-28-22)12-10-18-7-4-8-21(13-18)27-16-19-5-2-1-3-6-19/h1-14H,15-17H2,(H,25,26)/b12-10+. The lowest BCUT2D eigenvalue weighted by Crippen LogP contribution is -2.20. The summed E-state index contributed by atoms with van der Waals surface area (Å²) in [5.41, 5.74) is 2.96. The van der Waals surface area contributed by atoms with E-state index < -0.39 is 0 Å². The molecule has 5 heteroatoms. The zero-order valence-corrected chi connectivity index (χ0v) is 15.8. The van der Waals surface area contributed by atoms with Gasteiger partial charge in [0.05, 0.1) is 0 Å². The molecule has 1 aliphatic rings. The van der Waals surface area contributed by atoms with Gasteiger partial charge >= 0.3 is 0 Å². The second kappa shape index (κ2) is 8.97. The van der Waals surface area contributed by atoms with Gasteiger partial charge in [0.25, 0.3) is 0 Å². The molecule has 1 N–H and O–H groups in total. The SMILES string of the molecule is O=C(/C=C/c1cccc(OCc2ccccc2)c1)NCc1ccc2c(c1)OCO2. The van der Waals surface area contributed by atoms with Crippen molar-refractivity contribution in [3.8, 4) is 17.2 Å². The van der Waals surface area contributed by atoms with Crippen LogP contribution in [0.2, 0.25) is 0 Å². The average Bonchev–Trinajstić information content (AvgIpc) is 3.24. The minimum absolute atomic E-state index is 0.168. The molecule has 3 aromatic carbocycles. The van der Waals surface area contributed by atoms with Crippen LogP contribution < -0.4 is 19.5 Å². The van der Waals surface area contributed by atoms with Gasteiger partial charge in [0.2, 0.25) is 12.7 Å². The highest BCUT2D eigenvalue weighted by atomic mass is 16.7. The van der Waals surface area contributed by atoms with Gasteiger partial charge in [-0.25, -0.2) is 0 Å². The number of hydrogen-bond acceptors (Lipinski definition) is 4. The molecule has 0 spiro atoms. The van der Waals surface area contributed by atoms with E-state index in [2.05, 4.69) is 5.32 Å². The first-order valence-electron chi connectivity index (χ1n) is 9.37. The third-order valence-corrected chi connectivity index (χ3v) is 4.44. The van der Waals surface area contributed by atoms with Gasteiger partial charge in [-0.15, -0.1) is 0 Å². The molecule has 1 heterocycles. The van der Waals surface area contributed by atoms with Crippen LogP contribution in [0.25, 0.3) is 6.08 Å². The van der Waals surface area contributed by atoms with Crippen LogP contribution in [0.4, 0.5) is 0 Å². The Morgan fingerprint density at radius 3 is 2.69 bits per heavy atom. The van der Waals surface area contributed by atoms with Crippen molar-refractivity contribution in [2.75, 3.05) is 6.79 Å². The molecule has 0 saturated heterocycles. The van der Waals surface area contributed by atoms with Crippen molar-refractivity contribution in [1.82, 2.24) is 5.32 Å². The van der Waals surface area contributed by atoms with Gasteiger partial charge < -0.3 is 19.5 Å². The number of carbonyl (C=O) groups is 1. The molecule has 0 radical (unpaired) electrons. The Kier molecular flexibility index (Phi) is 5.76. The highest BCUT2D eigenvalue weighted by molar-refractivity contribution is 5.91. The molecule has 0 saturated carbocycles. The normalized spacial score (nSPS) is 12.1. The fraction of sp³-hybridized carbons (Fsp3) is 0.125. The topological polar surface area (TPSA) is 56.8 Å². The zero-order chi connectivity index (χ0) is 19.9. The summed E-state index contributed by atoms with van der Waals surface area (Å²) in [5, 5.41) is 2.87. The number of hydrogen-bond donors (Lipinski definition) is 1. The van der Waals surface area contributed by atoms with Crippen LogP contribution in [0.3, 0.4) is 0 Å². The molecule has 0 atom stereocenters. The fourth-order valence-electron chi connectivity index (χ4n) is 2.92. The molecule has 1 aliphatic heterocycles. The number of fused-ring (bicyclic) bond motifs is 1. The summed E-state index contributed by atoms with van der Waals surface area (Å²) in [6.45, 7) is 1.16. The molecule has 0 aliphatic carbocycles. The van der Waals surface area contributed by atoms with Crippen LogP contribution >= 0.6 is 0 Å². The van der Waals surface area contributed by atoms with Gasteiger partial charge in [0, 0.05) is 12.6 Å². The monoisotopic (exact) mass is 387 g/mol. The molecule has 0 unspecified atom stereocenters. The Morgan fingerprint density at radius 1 is 0.931 bits per heavy atom. The first-order chi connectivity index (χ1) is 14.3. The summed E-state index contributed by atoms with van der Waals surface area (Å²) in [6.07, 6.45) is 3.29. The minimum atomic E-state index is -0.168. The predicted molar refractivity (Wildman–Crippen MR) is 111 cm³/mol. The second-order valence-electron chi connectivity index (χ2n) is 6.59. The van der Waals surface area contributed by atoms with Gasteiger partial charge in [-0.05, 0) is 47.0 Å². The lowest BCUT2D eigenvalue weighted by atomic mass is 10.2. The molecule has 4 rings (SSSR count). The van der Waals surface area contributed by atoms with Crippen LogP contribution in [0.5, 0.6) is 17.2 Å². The van der Waals surface area contributed by atoms with E-state index in [1.807, 2.05) is 72.8 Å². The first-order valence-corrected chi connectivity index (χ1v) is 9.37. The van der Waals surface area contributed by atoms with Gasteiger partial charge in [0.15, 0.2) is 11.5 Å². The van der Waals surface area contributed by atoms with E-state index in [0.29, 0.717) is 18.9 Å². The fourth-order valence-corrected chi connectivity index (χ4v) is 2.92. The van der Waals surface area contributed by atoms with Crippen molar-refractivity contribution >= 4 is 12.0 Å². The maximum atomic E-state index is 12.1. The first kappa shape index (κ1) is 18.6. The maximum absolute atomic E-state index is 12.1. The molecule has 5 nitrogen and oxygen atoms in total. The largest absolute Gasteiger partial charge is 0.489 e. The average molecular weight is 387 g/mol. The number of rotatable bonds is 7. The van der Waals surface area contributed by atoms with Gasteiger partial charge in [-0.2, -0.15) is 0 Å². The minimum Gasteiger partial charge on any atom is -0.489 e. The maximum Gasteiger partial charge on any atom is 0.244 e. The highest BCUT2D eigenvalue weighted by Gasteiger charge is 2.13. The lowest BCUT2D eigenvalue weighted by molar-refractivity contribution is -0.116. The van der Waals surface area contributed by atoms with Crippen molar-refractivity contribution in [2.24, 2.45) is 0 Å². The number of benzene rings is 3. The molecule has 146 valence electrons. The van der Waals surface area contributed by atoms with Gasteiger partial charge in [-0.1, -0.05) is 48.5 Å². The Bertz CT molecular complexity index is 1010. The molecular weight excluding hydrogens is 366 g/mol. The van der Waals surface area contributed by atoms with Gasteiger partial charge in [-0.3, -0.25) is 4.79 Å². The van der Waals surface area contributed by atoms with Crippen molar-refractivity contribution in [3.05, 3.63) is 95.6 Å². The zero-order valence-electron chi connectivity index (χ0n) is 15.8. The van der Waals surface area contributed by atoms with E-state index in [-0.39, 0.29) is 12.7 Å². The molecular formula is C24H21NO4. The summed E-state index contributed by atoms with van der Waals surface area (Å²) in [7, 11) is 0. The van der Waals surface area contributed by atoms with Crippen molar-refractivity contribution in [3.63, 3.8) is 0 Å². The van der Waals surface area contributed by atoms with Crippen LogP contribution in [0, 0.1) is 0 Å². The van der Waals surface area contributed by atoms with E-state index >= 15 is 0 Å². The predicted octanol–water partition coefficient (Wildman–Crippen LogP) is 4.32. The summed E-state index contributed by atoms with van der Waals surface area (Å²) in [5.74, 6) is 2.03. The molecule has 29 heavy (non-hydrogen) atoms. The Balaban J connectivity index is 1.29. The summed E-state index contributed by atoms with van der Waals surface area (Å²) >= 11 is 0. The van der Waals surface area contributed by atoms with Crippen LogP contribution in [0.15, 0.2) is 78.9 Å². The molecule has 1 amide bonds. The quantitative estimate of drug-likeness (QED) is 0.614. The van der Waals surface area contributed by atoms with Crippen LogP contribution in [0.1, 0.15) is 16.7 Å². The molecule has 0 fully saturated rings. The van der Waals surface area contributed by atoms with E-state index in [1.165, 1.54) is 6.08 Å². The summed E-state index contributed by atoms with van der Waals surface area (Å²) < 4.78 is 16.5. The Hall–Kier alpha value is -3.73. The van der Waals surface area contributed by atoms with Crippen molar-refractivity contribution in [2.45, 2.75) is 13.2 Å². The third-order valence-electron chi connectivity index (χ3n) is 4.44. The molecule has 3 aromatic rings. The van der Waals surface area contributed by atoms with Crippen molar-refractivity contribution < 1.29 is 19.0 Å². The Labute approximate surface area is 169 Å². The molecule has 0 aromatic heterocycles. The smallest absolute Gasteiger partial charge is 0.244 e. The van der Waals surface area contributed by atoms with E-state index in [1.54, 1.807) is 6.08 Å². The summed E-state index contributed by atoms with van der Waals surface area (Å²) in [4.78, 5) is 12.1. The van der Waals surface area contributed by atoms with Crippen LogP contribution in [-0.2, 0) is 17.9 Å².